The van der Waals surface area contributed by atoms with Crippen molar-refractivity contribution in [1.82, 2.24) is 40.1 Å². The molecule has 0 bridgehead atoms. The van der Waals surface area contributed by atoms with Gasteiger partial charge in [0.05, 0.1) is 11.0 Å². The molecule has 154 valence electrons. The summed E-state index contributed by atoms with van der Waals surface area (Å²) >= 11 is 0. The second-order valence-corrected chi connectivity index (χ2v) is 6.69. The molecule has 0 fully saturated rings. The van der Waals surface area contributed by atoms with E-state index in [-0.39, 0.29) is 12.4 Å². The van der Waals surface area contributed by atoms with Crippen LogP contribution in [-0.4, -0.2) is 46.0 Å². The first-order valence-corrected chi connectivity index (χ1v) is 9.64. The van der Waals surface area contributed by atoms with E-state index in [0.29, 0.717) is 23.9 Å². The van der Waals surface area contributed by atoms with Crippen molar-refractivity contribution in [1.29, 1.82) is 0 Å². The minimum absolute atomic E-state index is 0.143. The van der Waals surface area contributed by atoms with Crippen LogP contribution in [0.1, 0.15) is 6.92 Å². The molecule has 0 atom stereocenters. The Morgan fingerprint density at radius 1 is 1.06 bits per heavy atom. The molecule has 11 nitrogen and oxygen atoms in total. The number of rotatable bonds is 6. The van der Waals surface area contributed by atoms with Crippen LogP contribution < -0.4 is 5.32 Å². The van der Waals surface area contributed by atoms with Gasteiger partial charge in [0.25, 0.3) is 0 Å². The number of fused-ring (bicyclic) bond motifs is 1. The van der Waals surface area contributed by atoms with Crippen molar-refractivity contribution in [2.45, 2.75) is 20.0 Å². The number of aromatic nitrogens is 8. The molecule has 0 aliphatic heterocycles. The second-order valence-electron chi connectivity index (χ2n) is 6.69. The minimum atomic E-state index is -0.395. The average molecular weight is 415 g/mol. The number of carbonyl (C=O) groups excluding carboxylic acids is 1. The number of imidazole rings is 1. The number of aryl methyl sites for hydroxylation is 1. The summed E-state index contributed by atoms with van der Waals surface area (Å²) in [6, 6.07) is 17.1. The normalized spacial score (nSPS) is 11.1. The van der Waals surface area contributed by atoms with Crippen molar-refractivity contribution >= 4 is 22.8 Å². The maximum atomic E-state index is 12.6. The number of anilines is 1. The molecule has 0 aliphatic rings. The van der Waals surface area contributed by atoms with E-state index in [1.165, 1.54) is 4.80 Å². The van der Waals surface area contributed by atoms with Crippen LogP contribution in [0.5, 0.6) is 0 Å². The lowest BCUT2D eigenvalue weighted by molar-refractivity contribution is -0.117. The molecule has 0 radical (unpaired) electrons. The highest BCUT2D eigenvalue weighted by molar-refractivity contribution is 5.93. The van der Waals surface area contributed by atoms with Crippen molar-refractivity contribution in [3.63, 3.8) is 0 Å². The van der Waals surface area contributed by atoms with Gasteiger partial charge in [-0.3, -0.25) is 4.79 Å². The first-order valence-electron chi connectivity index (χ1n) is 9.64. The summed E-state index contributed by atoms with van der Waals surface area (Å²) in [5, 5.41) is 22.7. The van der Waals surface area contributed by atoms with E-state index in [1.54, 1.807) is 0 Å². The van der Waals surface area contributed by atoms with E-state index in [9.17, 15) is 4.79 Å². The van der Waals surface area contributed by atoms with Crippen LogP contribution in [0, 0.1) is 0 Å². The summed E-state index contributed by atoms with van der Waals surface area (Å²) in [4.78, 5) is 18.4. The third kappa shape index (κ3) is 3.52. The molecular weight excluding hydrogens is 398 g/mol. The second kappa shape index (κ2) is 7.78. The fourth-order valence-electron chi connectivity index (χ4n) is 3.31. The third-order valence-corrected chi connectivity index (χ3v) is 4.70. The molecule has 2 aromatic carbocycles. The average Bonchev–Trinajstić information content (AvgIpc) is 3.52. The van der Waals surface area contributed by atoms with Gasteiger partial charge < -0.3 is 9.88 Å². The Morgan fingerprint density at radius 2 is 1.87 bits per heavy atom. The monoisotopic (exact) mass is 415 g/mol. The van der Waals surface area contributed by atoms with E-state index in [0.717, 1.165) is 16.6 Å². The molecule has 0 aliphatic carbocycles. The molecule has 0 spiro atoms. The highest BCUT2D eigenvalue weighted by atomic mass is 16.6. The zero-order chi connectivity index (χ0) is 21.2. The number of para-hydroxylation sites is 2. The molecule has 1 amide bonds. The van der Waals surface area contributed by atoms with Crippen LogP contribution in [0.3, 0.4) is 0 Å². The number of carbonyl (C=O) groups is 1. The van der Waals surface area contributed by atoms with Crippen LogP contribution in [0.15, 0.2) is 59.2 Å². The quantitative estimate of drug-likeness (QED) is 0.447. The summed E-state index contributed by atoms with van der Waals surface area (Å²) in [6.45, 7) is 2.53. The van der Waals surface area contributed by atoms with Crippen LogP contribution in [-0.2, 0) is 17.9 Å². The molecule has 0 unspecified atom stereocenters. The van der Waals surface area contributed by atoms with Crippen molar-refractivity contribution in [2.24, 2.45) is 0 Å². The number of tetrazole rings is 1. The van der Waals surface area contributed by atoms with Gasteiger partial charge in [-0.05, 0) is 34.6 Å². The van der Waals surface area contributed by atoms with Crippen LogP contribution in [0.2, 0.25) is 0 Å². The molecule has 0 saturated heterocycles. The van der Waals surface area contributed by atoms with Gasteiger partial charge in [-0.15, -0.1) is 10.2 Å². The van der Waals surface area contributed by atoms with E-state index in [1.807, 2.05) is 66.1 Å². The van der Waals surface area contributed by atoms with Crippen molar-refractivity contribution < 1.29 is 9.42 Å². The van der Waals surface area contributed by atoms with Crippen molar-refractivity contribution in [3.05, 3.63) is 54.6 Å². The molecule has 3 heterocycles. The predicted octanol–water partition coefficient (Wildman–Crippen LogP) is 2.40. The van der Waals surface area contributed by atoms with Gasteiger partial charge in [-0.1, -0.05) is 42.5 Å². The SMILES string of the molecule is CCn1c(-c2nonc2NC(=O)Cn2nnc(-c3ccccc3)n2)nc2ccccc21. The molecule has 3 aromatic heterocycles. The lowest BCUT2D eigenvalue weighted by Crippen LogP contribution is -2.21. The summed E-state index contributed by atoms with van der Waals surface area (Å²) in [7, 11) is 0. The largest absolute Gasteiger partial charge is 0.323 e. The Labute approximate surface area is 175 Å². The zero-order valence-electron chi connectivity index (χ0n) is 16.5. The van der Waals surface area contributed by atoms with Gasteiger partial charge in [-0.25, -0.2) is 9.61 Å². The molecule has 0 saturated carbocycles. The van der Waals surface area contributed by atoms with E-state index in [2.05, 4.69) is 36.0 Å². The summed E-state index contributed by atoms with van der Waals surface area (Å²) in [6.07, 6.45) is 0. The summed E-state index contributed by atoms with van der Waals surface area (Å²) < 4.78 is 6.87. The summed E-state index contributed by atoms with van der Waals surface area (Å²) in [5.74, 6) is 0.783. The van der Waals surface area contributed by atoms with Crippen LogP contribution in [0.4, 0.5) is 5.82 Å². The molecular formula is C20H17N9O2. The Hall–Kier alpha value is -4.41. The number of hydrogen-bond donors (Lipinski definition) is 1. The standard InChI is InChI=1S/C20H17N9O2/c1-2-28-15-11-7-6-10-14(15)21-20(28)17-19(26-31-25-17)22-16(30)12-29-24-18(23-27-29)13-8-4-3-5-9-13/h3-11H,2,12H2,1H3,(H,22,26,30). The minimum Gasteiger partial charge on any atom is -0.323 e. The maximum Gasteiger partial charge on any atom is 0.249 e. The molecule has 5 rings (SSSR count). The first-order chi connectivity index (χ1) is 15.2. The molecule has 1 N–H and O–H groups in total. The van der Waals surface area contributed by atoms with Crippen LogP contribution in [0.25, 0.3) is 33.9 Å². The highest BCUT2D eigenvalue weighted by Crippen LogP contribution is 2.27. The van der Waals surface area contributed by atoms with Crippen LogP contribution >= 0.6 is 0 Å². The third-order valence-electron chi connectivity index (χ3n) is 4.70. The molecule has 31 heavy (non-hydrogen) atoms. The first kappa shape index (κ1) is 18.6. The fourth-order valence-corrected chi connectivity index (χ4v) is 3.31. The lowest BCUT2D eigenvalue weighted by atomic mass is 10.2. The Bertz CT molecular complexity index is 1350. The predicted molar refractivity (Wildman–Crippen MR) is 111 cm³/mol. The number of nitrogens with zero attached hydrogens (tertiary/aromatic N) is 8. The molecule has 11 heteroatoms. The van der Waals surface area contributed by atoms with Gasteiger partial charge in [0.1, 0.15) is 6.54 Å². The topological polar surface area (TPSA) is 129 Å². The Balaban J connectivity index is 1.36. The van der Waals surface area contributed by atoms with Gasteiger partial charge >= 0.3 is 0 Å². The van der Waals surface area contributed by atoms with Crippen molar-refractivity contribution in [2.75, 3.05) is 5.32 Å². The van der Waals surface area contributed by atoms with E-state index >= 15 is 0 Å². The molecule has 5 aromatic rings. The van der Waals surface area contributed by atoms with Gasteiger partial charge in [0.15, 0.2) is 11.5 Å². The zero-order valence-corrected chi connectivity index (χ0v) is 16.5. The summed E-state index contributed by atoms with van der Waals surface area (Å²) in [5.41, 5.74) is 2.94. The lowest BCUT2D eigenvalue weighted by Gasteiger charge is -2.05. The van der Waals surface area contributed by atoms with Gasteiger partial charge in [0, 0.05) is 12.1 Å². The Kier molecular flexibility index (Phi) is 4.67. The smallest absolute Gasteiger partial charge is 0.249 e. The van der Waals surface area contributed by atoms with Crippen molar-refractivity contribution in [3.8, 4) is 22.9 Å². The van der Waals surface area contributed by atoms with E-state index in [4.69, 9.17) is 4.63 Å². The number of benzene rings is 2. The number of amides is 1. The fraction of sp³-hybridized carbons (Fsp3) is 0.150. The number of hydrogen-bond acceptors (Lipinski definition) is 8. The Morgan fingerprint density at radius 3 is 2.71 bits per heavy atom. The maximum absolute atomic E-state index is 12.6. The van der Waals surface area contributed by atoms with Gasteiger partial charge in [-0.2, -0.15) is 4.80 Å². The number of nitrogens with one attached hydrogen (secondary N) is 1. The van der Waals surface area contributed by atoms with Gasteiger partial charge in [0.2, 0.25) is 17.5 Å². The van der Waals surface area contributed by atoms with E-state index < -0.39 is 5.91 Å². The highest BCUT2D eigenvalue weighted by Gasteiger charge is 2.22.